The Labute approximate surface area is 195 Å². The fraction of sp³-hybridized carbons (Fsp3) is 0.516. The molecule has 0 spiro atoms. The van der Waals surface area contributed by atoms with E-state index in [9.17, 15) is 4.79 Å². The van der Waals surface area contributed by atoms with E-state index in [0.717, 1.165) is 32.1 Å². The maximum Gasteiger partial charge on any atom is 0.140 e. The van der Waals surface area contributed by atoms with Crippen molar-refractivity contribution in [2.45, 2.75) is 84.0 Å². The smallest absolute Gasteiger partial charge is 0.140 e. The Morgan fingerprint density at radius 1 is 1.03 bits per heavy atom. The van der Waals surface area contributed by atoms with Crippen LogP contribution in [0.3, 0.4) is 0 Å². The fourth-order valence-electron chi connectivity index (χ4n) is 6.47. The molecule has 0 radical (unpaired) electrons. The van der Waals surface area contributed by atoms with Crippen molar-refractivity contribution in [1.29, 1.82) is 0 Å². The topological polar surface area (TPSA) is 17.1 Å². The zero-order valence-electron chi connectivity index (χ0n) is 20.4. The van der Waals surface area contributed by atoms with Gasteiger partial charge in [-0.25, -0.2) is 0 Å². The minimum atomic E-state index is -0.0161. The quantitative estimate of drug-likeness (QED) is 0.408. The minimum absolute atomic E-state index is 0.0161. The number of hydrogen-bond acceptors (Lipinski definition) is 1. The highest BCUT2D eigenvalue weighted by atomic mass is 16.1. The van der Waals surface area contributed by atoms with Gasteiger partial charge in [-0.2, -0.15) is 0 Å². The molecular formula is C31H40O. The second kappa shape index (κ2) is 9.77. The monoisotopic (exact) mass is 428 g/mol. The first-order valence-corrected chi connectivity index (χ1v) is 12.8. The molecular weight excluding hydrogens is 388 g/mol. The summed E-state index contributed by atoms with van der Waals surface area (Å²) in [5, 5.41) is 0. The van der Waals surface area contributed by atoms with Gasteiger partial charge in [0.05, 0.1) is 0 Å². The molecule has 0 aromatic heterocycles. The van der Waals surface area contributed by atoms with Gasteiger partial charge in [-0.05, 0) is 73.0 Å². The highest BCUT2D eigenvalue weighted by Gasteiger charge is 2.43. The Hall–Kier alpha value is -2.15. The summed E-state index contributed by atoms with van der Waals surface area (Å²) in [6.45, 7) is 9.21. The highest BCUT2D eigenvalue weighted by molar-refractivity contribution is 5.85. The second-order valence-corrected chi connectivity index (χ2v) is 10.8. The van der Waals surface area contributed by atoms with Gasteiger partial charge in [0.1, 0.15) is 5.78 Å². The summed E-state index contributed by atoms with van der Waals surface area (Å²) in [6, 6.07) is 19.8. The van der Waals surface area contributed by atoms with Crippen molar-refractivity contribution in [2.75, 3.05) is 0 Å². The lowest BCUT2D eigenvalue weighted by Gasteiger charge is -2.34. The van der Waals surface area contributed by atoms with Crippen LogP contribution in [0.2, 0.25) is 0 Å². The number of fused-ring (bicyclic) bond motifs is 1. The third kappa shape index (κ3) is 4.63. The summed E-state index contributed by atoms with van der Waals surface area (Å²) < 4.78 is 0. The van der Waals surface area contributed by atoms with E-state index < -0.39 is 0 Å². The number of aryl methyl sites for hydroxylation is 1. The fourth-order valence-corrected chi connectivity index (χ4v) is 6.47. The van der Waals surface area contributed by atoms with Gasteiger partial charge in [-0.3, -0.25) is 4.79 Å². The molecule has 170 valence electrons. The second-order valence-electron chi connectivity index (χ2n) is 10.8. The molecule has 0 bridgehead atoms. The number of Topliss-reactive ketones (excluding diaryl/α,β-unsaturated/α-hetero) is 1. The van der Waals surface area contributed by atoms with Crippen molar-refractivity contribution in [1.82, 2.24) is 0 Å². The van der Waals surface area contributed by atoms with Gasteiger partial charge in [0.25, 0.3) is 0 Å². The highest BCUT2D eigenvalue weighted by Crippen LogP contribution is 2.46. The molecule has 4 rings (SSSR count). The van der Waals surface area contributed by atoms with Crippen LogP contribution >= 0.6 is 0 Å². The van der Waals surface area contributed by atoms with Crippen molar-refractivity contribution in [2.24, 2.45) is 17.8 Å². The third-order valence-electron chi connectivity index (χ3n) is 8.46. The van der Waals surface area contributed by atoms with Crippen molar-refractivity contribution < 1.29 is 4.79 Å². The first-order valence-electron chi connectivity index (χ1n) is 12.8. The van der Waals surface area contributed by atoms with Crippen molar-refractivity contribution in [3.63, 3.8) is 0 Å². The lowest BCUT2D eigenvalue weighted by atomic mass is 9.68. The van der Waals surface area contributed by atoms with E-state index in [1.807, 2.05) is 0 Å². The van der Waals surface area contributed by atoms with E-state index >= 15 is 0 Å². The number of hydrogen-bond donors (Lipinski definition) is 0. The van der Waals surface area contributed by atoms with Crippen LogP contribution in [0.15, 0.2) is 66.2 Å². The van der Waals surface area contributed by atoms with Crippen LogP contribution < -0.4 is 0 Å². The van der Waals surface area contributed by atoms with Crippen molar-refractivity contribution in [3.8, 4) is 0 Å². The summed E-state index contributed by atoms with van der Waals surface area (Å²) in [5.74, 6) is 2.31. The lowest BCUT2D eigenvalue weighted by Crippen LogP contribution is -2.35. The first-order chi connectivity index (χ1) is 15.4. The molecule has 0 aliphatic heterocycles. The number of benzene rings is 2. The van der Waals surface area contributed by atoms with E-state index in [1.54, 1.807) is 0 Å². The minimum Gasteiger partial charge on any atom is -0.299 e. The Bertz CT molecular complexity index is 953. The molecule has 2 aliphatic carbocycles. The van der Waals surface area contributed by atoms with E-state index in [0.29, 0.717) is 30.0 Å². The van der Waals surface area contributed by atoms with Gasteiger partial charge >= 0.3 is 0 Å². The van der Waals surface area contributed by atoms with Crippen LogP contribution in [-0.2, 0) is 16.6 Å². The van der Waals surface area contributed by atoms with Gasteiger partial charge in [0.2, 0.25) is 0 Å². The molecule has 32 heavy (non-hydrogen) atoms. The van der Waals surface area contributed by atoms with Gasteiger partial charge in [0, 0.05) is 17.8 Å². The van der Waals surface area contributed by atoms with E-state index in [2.05, 4.69) is 88.4 Å². The summed E-state index contributed by atoms with van der Waals surface area (Å²) in [5.41, 5.74) is 5.69. The Kier molecular flexibility index (Phi) is 7.03. The average Bonchev–Trinajstić information content (AvgIpc) is 2.99. The zero-order valence-corrected chi connectivity index (χ0v) is 20.4. The van der Waals surface area contributed by atoms with Gasteiger partial charge in [0.15, 0.2) is 0 Å². The average molecular weight is 429 g/mol. The maximum absolute atomic E-state index is 13.7. The number of carbonyl (C=O) groups is 1. The number of ketones is 1. The summed E-state index contributed by atoms with van der Waals surface area (Å²) in [7, 11) is 0. The lowest BCUT2D eigenvalue weighted by molar-refractivity contribution is -0.124. The van der Waals surface area contributed by atoms with Gasteiger partial charge < -0.3 is 0 Å². The SMILES string of the molecule is CCC(C(=O)CC1=CC(C(C)C)CC(c2ccccc2)CC1)C1(C)CCc2ccccc21. The molecule has 4 atom stereocenters. The Balaban J connectivity index is 1.52. The number of rotatable bonds is 7. The molecule has 2 aromatic rings. The molecule has 0 saturated heterocycles. The molecule has 2 aliphatic rings. The van der Waals surface area contributed by atoms with Crippen LogP contribution in [0.5, 0.6) is 0 Å². The summed E-state index contributed by atoms with van der Waals surface area (Å²) in [4.78, 5) is 13.7. The molecule has 0 heterocycles. The molecule has 0 saturated carbocycles. The zero-order chi connectivity index (χ0) is 22.7. The third-order valence-corrected chi connectivity index (χ3v) is 8.46. The van der Waals surface area contributed by atoms with E-state index in [1.165, 1.54) is 28.7 Å². The van der Waals surface area contributed by atoms with Gasteiger partial charge in [-0.1, -0.05) is 93.9 Å². The summed E-state index contributed by atoms with van der Waals surface area (Å²) >= 11 is 0. The van der Waals surface area contributed by atoms with Crippen LogP contribution in [0.4, 0.5) is 0 Å². The molecule has 0 N–H and O–H groups in total. The van der Waals surface area contributed by atoms with Crippen LogP contribution in [-0.4, -0.2) is 5.78 Å². The van der Waals surface area contributed by atoms with Crippen LogP contribution in [0, 0.1) is 17.8 Å². The normalized spacial score (nSPS) is 26.3. The van der Waals surface area contributed by atoms with Crippen LogP contribution in [0.25, 0.3) is 0 Å². The predicted molar refractivity (Wildman–Crippen MR) is 135 cm³/mol. The molecule has 0 amide bonds. The molecule has 1 nitrogen and oxygen atoms in total. The van der Waals surface area contributed by atoms with E-state index in [-0.39, 0.29) is 11.3 Å². The first kappa shape index (κ1) is 23.0. The standard InChI is InChI=1S/C31H40O/c1-5-28(31(4)18-17-25-13-9-10-14-29(25)31)30(32)20-23-15-16-26(21-27(19-23)22(2)3)24-11-7-6-8-12-24/h6-14,19,22,26-28H,5,15-18,20-21H2,1-4H3. The molecule has 1 heteroatoms. The molecule has 0 fully saturated rings. The van der Waals surface area contributed by atoms with Gasteiger partial charge in [-0.15, -0.1) is 0 Å². The predicted octanol–water partition coefficient (Wildman–Crippen LogP) is 8.04. The molecule has 2 aromatic carbocycles. The maximum atomic E-state index is 13.7. The van der Waals surface area contributed by atoms with E-state index in [4.69, 9.17) is 0 Å². The van der Waals surface area contributed by atoms with Crippen LogP contribution in [0.1, 0.15) is 88.8 Å². The number of allylic oxidation sites excluding steroid dienone is 2. The number of carbonyl (C=O) groups excluding carboxylic acids is 1. The Morgan fingerprint density at radius 3 is 2.47 bits per heavy atom. The van der Waals surface area contributed by atoms with Crippen molar-refractivity contribution in [3.05, 3.63) is 82.9 Å². The largest absolute Gasteiger partial charge is 0.299 e. The van der Waals surface area contributed by atoms with Crippen molar-refractivity contribution >= 4 is 5.78 Å². The molecule has 4 unspecified atom stereocenters. The Morgan fingerprint density at radius 2 is 1.75 bits per heavy atom. The summed E-state index contributed by atoms with van der Waals surface area (Å²) in [6.07, 6.45) is 9.66.